The number of aliphatic hydroxyl groups excluding tert-OH is 1. The number of aliphatic hydroxyl groups is 1. The average Bonchev–Trinajstić information content (AvgIpc) is 3.09. The molecule has 0 saturated carbocycles. The van der Waals surface area contributed by atoms with Crippen molar-refractivity contribution < 1.29 is 27.8 Å². The summed E-state index contributed by atoms with van der Waals surface area (Å²) >= 11 is 0. The fourth-order valence-electron chi connectivity index (χ4n) is 2.58. The normalized spacial score (nSPS) is 15.5. The second-order valence-electron chi connectivity index (χ2n) is 5.69. The third kappa shape index (κ3) is 4.68. The fourth-order valence-corrected chi connectivity index (χ4v) is 2.58. The van der Waals surface area contributed by atoms with Crippen LogP contribution in [0.4, 0.5) is 18.9 Å². The Hall–Kier alpha value is -2.71. The molecule has 1 saturated heterocycles. The summed E-state index contributed by atoms with van der Waals surface area (Å²) in [6, 6.07) is 4.13. The number of carbonyl (C=O) groups is 1. The zero-order valence-electron chi connectivity index (χ0n) is 14.2. The maximum Gasteiger partial charge on any atom is 0.416 e. The van der Waals surface area contributed by atoms with Crippen molar-refractivity contribution in [2.24, 2.45) is 0 Å². The lowest BCUT2D eigenvalue weighted by molar-refractivity contribution is -0.137. The maximum absolute atomic E-state index is 12.8. The minimum absolute atomic E-state index is 0.0689. The van der Waals surface area contributed by atoms with Crippen LogP contribution in [-0.4, -0.2) is 41.4 Å². The minimum atomic E-state index is -4.55. The van der Waals surface area contributed by atoms with Crippen molar-refractivity contribution in [2.75, 3.05) is 25.0 Å². The number of likely N-dealkylation sites (tertiary alicyclic amines) is 1. The number of hydrogen-bond donors (Lipinski definition) is 3. The number of alkyl halides is 3. The third-order valence-corrected chi connectivity index (χ3v) is 3.83. The fraction of sp³-hybridized carbons (Fsp3) is 0.412. The van der Waals surface area contributed by atoms with Gasteiger partial charge in [-0.25, -0.2) is 0 Å². The van der Waals surface area contributed by atoms with Gasteiger partial charge in [-0.3, -0.25) is 10.2 Å². The van der Waals surface area contributed by atoms with Crippen molar-refractivity contribution >= 4 is 17.4 Å². The number of ether oxygens (including phenoxy) is 1. The Kier molecular flexibility index (Phi) is 6.12. The summed E-state index contributed by atoms with van der Waals surface area (Å²) in [7, 11) is 0. The van der Waals surface area contributed by atoms with E-state index < -0.39 is 29.2 Å². The van der Waals surface area contributed by atoms with E-state index in [0.717, 1.165) is 31.0 Å². The maximum atomic E-state index is 12.8. The lowest BCUT2D eigenvalue weighted by atomic mass is 10.1. The number of amides is 1. The molecule has 9 heteroatoms. The van der Waals surface area contributed by atoms with E-state index in [9.17, 15) is 23.1 Å². The molecular formula is C17H20F3N3O3. The van der Waals surface area contributed by atoms with Gasteiger partial charge in [0.2, 0.25) is 0 Å². The largest absolute Gasteiger partial charge is 0.480 e. The summed E-state index contributed by atoms with van der Waals surface area (Å²) in [5, 5.41) is 20.5. The molecule has 1 aliphatic rings. The monoisotopic (exact) mass is 371 g/mol. The number of amidine groups is 1. The highest BCUT2D eigenvalue weighted by Crippen LogP contribution is 2.30. The molecule has 1 fully saturated rings. The summed E-state index contributed by atoms with van der Waals surface area (Å²) < 4.78 is 43.4. The molecule has 26 heavy (non-hydrogen) atoms. The smallest absolute Gasteiger partial charge is 0.416 e. The third-order valence-electron chi connectivity index (χ3n) is 3.83. The Labute approximate surface area is 148 Å². The molecule has 1 aromatic carbocycles. The molecule has 0 bridgehead atoms. The Morgan fingerprint density at radius 3 is 2.58 bits per heavy atom. The Morgan fingerprint density at radius 1 is 1.35 bits per heavy atom. The van der Waals surface area contributed by atoms with Crippen molar-refractivity contribution in [2.45, 2.75) is 25.9 Å². The molecule has 0 unspecified atom stereocenters. The minimum Gasteiger partial charge on any atom is -0.480 e. The number of nitrogens with one attached hydrogen (secondary N) is 2. The van der Waals surface area contributed by atoms with Gasteiger partial charge in [-0.1, -0.05) is 6.07 Å². The van der Waals surface area contributed by atoms with Gasteiger partial charge in [0.15, 0.2) is 5.57 Å². The first-order valence-electron chi connectivity index (χ1n) is 8.12. The highest BCUT2D eigenvalue weighted by molar-refractivity contribution is 6.23. The summed E-state index contributed by atoms with van der Waals surface area (Å²) in [6.45, 7) is 2.77. The molecule has 1 heterocycles. The van der Waals surface area contributed by atoms with Crippen LogP contribution in [0.1, 0.15) is 25.3 Å². The van der Waals surface area contributed by atoms with Crippen LogP contribution in [0.25, 0.3) is 0 Å². The number of rotatable bonds is 5. The molecule has 0 spiro atoms. The van der Waals surface area contributed by atoms with Crippen LogP contribution in [0.15, 0.2) is 35.8 Å². The van der Waals surface area contributed by atoms with E-state index in [0.29, 0.717) is 13.1 Å². The van der Waals surface area contributed by atoms with Crippen molar-refractivity contribution in [1.82, 2.24) is 4.90 Å². The molecule has 0 aromatic heterocycles. The predicted octanol–water partition coefficient (Wildman–Crippen LogP) is 3.52. The Morgan fingerprint density at radius 2 is 2.00 bits per heavy atom. The highest BCUT2D eigenvalue weighted by atomic mass is 19.4. The molecule has 0 atom stereocenters. The second kappa shape index (κ2) is 8.11. The summed E-state index contributed by atoms with van der Waals surface area (Å²) in [4.78, 5) is 14.1. The number of nitrogens with zero attached hydrogens (tertiary/aromatic N) is 1. The average molecular weight is 371 g/mol. The van der Waals surface area contributed by atoms with Gasteiger partial charge < -0.3 is 20.1 Å². The van der Waals surface area contributed by atoms with Crippen molar-refractivity contribution in [1.29, 1.82) is 5.41 Å². The Bertz CT molecular complexity index is 711. The van der Waals surface area contributed by atoms with E-state index in [1.54, 1.807) is 11.8 Å². The van der Waals surface area contributed by atoms with Gasteiger partial charge in [0.1, 0.15) is 5.84 Å². The van der Waals surface area contributed by atoms with Crippen LogP contribution in [0.5, 0.6) is 0 Å². The molecule has 6 nitrogen and oxygen atoms in total. The van der Waals surface area contributed by atoms with Gasteiger partial charge in [0, 0.05) is 18.8 Å². The van der Waals surface area contributed by atoms with Crippen LogP contribution in [-0.2, 0) is 15.7 Å². The van der Waals surface area contributed by atoms with Gasteiger partial charge in [-0.15, -0.1) is 0 Å². The second-order valence-corrected chi connectivity index (χ2v) is 5.69. The zero-order chi connectivity index (χ0) is 19.3. The molecule has 142 valence electrons. The van der Waals surface area contributed by atoms with Crippen LogP contribution in [0.2, 0.25) is 0 Å². The highest BCUT2D eigenvalue weighted by Gasteiger charge is 2.31. The van der Waals surface area contributed by atoms with E-state index in [1.165, 1.54) is 6.07 Å². The SMILES string of the molecule is CCOC(O)=C(C(=N)N1CCCC1)C(=O)Nc1cccc(C(F)(F)F)c1. The number of anilines is 1. The lowest BCUT2D eigenvalue weighted by Gasteiger charge is -2.21. The molecule has 3 N–H and O–H groups in total. The molecular weight excluding hydrogens is 351 g/mol. The number of halogens is 3. The molecule has 1 aromatic rings. The van der Waals surface area contributed by atoms with Crippen LogP contribution in [0, 0.1) is 5.41 Å². The van der Waals surface area contributed by atoms with E-state index in [2.05, 4.69) is 5.32 Å². The van der Waals surface area contributed by atoms with Gasteiger partial charge in [-0.2, -0.15) is 13.2 Å². The topological polar surface area (TPSA) is 85.7 Å². The first-order valence-corrected chi connectivity index (χ1v) is 8.12. The molecule has 0 aliphatic carbocycles. The van der Waals surface area contributed by atoms with E-state index >= 15 is 0 Å². The van der Waals surface area contributed by atoms with Crippen molar-refractivity contribution in [3.05, 3.63) is 41.3 Å². The lowest BCUT2D eigenvalue weighted by Crippen LogP contribution is -2.34. The van der Waals surface area contributed by atoms with Crippen LogP contribution in [0.3, 0.4) is 0 Å². The number of hydrogen-bond acceptors (Lipinski definition) is 4. The number of carbonyl (C=O) groups excluding carboxylic acids is 1. The van der Waals surface area contributed by atoms with Gasteiger partial charge in [-0.05, 0) is 38.0 Å². The van der Waals surface area contributed by atoms with Crippen LogP contribution < -0.4 is 5.32 Å². The van der Waals surface area contributed by atoms with Crippen molar-refractivity contribution in [3.63, 3.8) is 0 Å². The summed E-state index contributed by atoms with van der Waals surface area (Å²) in [6.07, 6.45) is -2.85. The quantitative estimate of drug-likeness (QED) is 0.320. The first kappa shape index (κ1) is 19.6. The Balaban J connectivity index is 2.27. The van der Waals surface area contributed by atoms with E-state index in [1.807, 2.05) is 0 Å². The van der Waals surface area contributed by atoms with E-state index in [-0.39, 0.29) is 18.1 Å². The van der Waals surface area contributed by atoms with Crippen molar-refractivity contribution in [3.8, 4) is 0 Å². The standard InChI is InChI=1S/C17H20F3N3O3/c1-2-26-16(25)13(14(21)23-8-3-4-9-23)15(24)22-12-7-5-6-11(10-12)17(18,19)20/h5-7,10,21,25H,2-4,8-9H2,1H3,(H,22,24). The van der Waals surface area contributed by atoms with Gasteiger partial charge in [0.25, 0.3) is 11.9 Å². The summed E-state index contributed by atoms with van der Waals surface area (Å²) in [5.74, 6) is -1.86. The first-order chi connectivity index (χ1) is 12.2. The molecule has 2 rings (SSSR count). The molecule has 0 radical (unpaired) electrons. The molecule has 1 aliphatic heterocycles. The van der Waals surface area contributed by atoms with Crippen LogP contribution >= 0.6 is 0 Å². The van der Waals surface area contributed by atoms with Gasteiger partial charge >= 0.3 is 6.18 Å². The molecule has 1 amide bonds. The van der Waals surface area contributed by atoms with Gasteiger partial charge in [0.05, 0.1) is 12.2 Å². The summed E-state index contributed by atoms with van der Waals surface area (Å²) in [5.41, 5.74) is -1.42. The number of benzene rings is 1. The van der Waals surface area contributed by atoms with E-state index in [4.69, 9.17) is 10.1 Å². The zero-order valence-corrected chi connectivity index (χ0v) is 14.2. The predicted molar refractivity (Wildman–Crippen MR) is 89.9 cm³/mol.